The fourth-order valence-corrected chi connectivity index (χ4v) is 1.67. The van der Waals surface area contributed by atoms with Gasteiger partial charge in [-0.2, -0.15) is 4.98 Å². The van der Waals surface area contributed by atoms with Crippen molar-refractivity contribution in [1.82, 2.24) is 9.97 Å². The van der Waals surface area contributed by atoms with E-state index in [1.54, 1.807) is 31.4 Å². The minimum Gasteiger partial charge on any atom is -0.497 e. The molecule has 0 aliphatic rings. The second kappa shape index (κ2) is 6.16. The maximum Gasteiger partial charge on any atom is 0.367 e. The Labute approximate surface area is 119 Å². The Morgan fingerprint density at radius 1 is 1.30 bits per heavy atom. The molecule has 0 saturated heterocycles. The van der Waals surface area contributed by atoms with E-state index in [0.717, 1.165) is 11.9 Å². The highest BCUT2D eigenvalue weighted by Gasteiger charge is 2.23. The summed E-state index contributed by atoms with van der Waals surface area (Å²) in [5.74, 6) is 0.552. The molecule has 0 aliphatic carbocycles. The third kappa shape index (κ3) is 3.12. The van der Waals surface area contributed by atoms with Gasteiger partial charge in [-0.05, 0) is 17.7 Å². The summed E-state index contributed by atoms with van der Waals surface area (Å²) in [6, 6.07) is 7.10. The number of hydrogen-bond donors (Lipinski definition) is 0. The van der Waals surface area contributed by atoms with Gasteiger partial charge in [-0.1, -0.05) is 23.7 Å². The lowest BCUT2D eigenvalue weighted by Gasteiger charge is -2.06. The molecule has 2 rings (SSSR count). The van der Waals surface area contributed by atoms with Gasteiger partial charge in [0.15, 0.2) is 0 Å². The molecular formula is C12H10ClN3O4. The molecule has 20 heavy (non-hydrogen) atoms. The van der Waals surface area contributed by atoms with Gasteiger partial charge in [0.05, 0.1) is 12.0 Å². The van der Waals surface area contributed by atoms with Gasteiger partial charge in [-0.3, -0.25) is 10.1 Å². The summed E-state index contributed by atoms with van der Waals surface area (Å²) in [7, 11) is 1.57. The van der Waals surface area contributed by atoms with Crippen molar-refractivity contribution < 1.29 is 14.4 Å². The highest BCUT2D eigenvalue weighted by molar-refractivity contribution is 6.31. The van der Waals surface area contributed by atoms with Gasteiger partial charge in [0, 0.05) is 0 Å². The number of nitro groups is 1. The molecule has 0 unspecified atom stereocenters. The molecule has 0 aliphatic heterocycles. The first kappa shape index (κ1) is 14.0. The lowest BCUT2D eigenvalue weighted by molar-refractivity contribution is -0.386. The van der Waals surface area contributed by atoms with Gasteiger partial charge < -0.3 is 9.47 Å². The van der Waals surface area contributed by atoms with Gasteiger partial charge in [0.1, 0.15) is 18.7 Å². The molecule has 7 nitrogen and oxygen atoms in total. The second-order valence-corrected chi connectivity index (χ2v) is 4.07. The molecule has 1 aromatic carbocycles. The fourth-order valence-electron chi connectivity index (χ4n) is 1.48. The first-order valence-electron chi connectivity index (χ1n) is 5.52. The molecule has 104 valence electrons. The van der Waals surface area contributed by atoms with Crippen molar-refractivity contribution in [1.29, 1.82) is 0 Å². The van der Waals surface area contributed by atoms with E-state index >= 15 is 0 Å². The van der Waals surface area contributed by atoms with Crippen molar-refractivity contribution in [2.75, 3.05) is 7.11 Å². The molecular weight excluding hydrogens is 286 g/mol. The predicted molar refractivity (Wildman–Crippen MR) is 71.0 cm³/mol. The normalized spacial score (nSPS) is 10.1. The van der Waals surface area contributed by atoms with Crippen molar-refractivity contribution in [2.24, 2.45) is 0 Å². The largest absolute Gasteiger partial charge is 0.497 e. The molecule has 0 fully saturated rings. The highest BCUT2D eigenvalue weighted by Crippen LogP contribution is 2.30. The molecule has 0 bridgehead atoms. The third-order valence-electron chi connectivity index (χ3n) is 2.46. The molecule has 0 spiro atoms. The Bertz CT molecular complexity index is 619. The average molecular weight is 296 g/mol. The minimum atomic E-state index is -0.675. The lowest BCUT2D eigenvalue weighted by Crippen LogP contribution is -2.02. The van der Waals surface area contributed by atoms with Gasteiger partial charge in [-0.25, -0.2) is 4.98 Å². The monoisotopic (exact) mass is 295 g/mol. The first-order chi connectivity index (χ1) is 9.61. The summed E-state index contributed by atoms with van der Waals surface area (Å²) < 4.78 is 10.4. The van der Waals surface area contributed by atoms with Crippen molar-refractivity contribution in [3.05, 3.63) is 51.4 Å². The molecule has 0 saturated carbocycles. The average Bonchev–Trinajstić information content (AvgIpc) is 2.45. The Morgan fingerprint density at radius 2 is 2.00 bits per heavy atom. The van der Waals surface area contributed by atoms with Crippen LogP contribution in [-0.2, 0) is 6.61 Å². The molecule has 2 aromatic rings. The van der Waals surface area contributed by atoms with Crippen LogP contribution in [-0.4, -0.2) is 22.0 Å². The summed E-state index contributed by atoms with van der Waals surface area (Å²) in [6.45, 7) is 0.123. The Hall–Kier alpha value is -2.41. The van der Waals surface area contributed by atoms with E-state index in [9.17, 15) is 10.1 Å². The zero-order valence-electron chi connectivity index (χ0n) is 10.4. The van der Waals surface area contributed by atoms with Gasteiger partial charge in [0.25, 0.3) is 5.88 Å². The van der Waals surface area contributed by atoms with Crippen LogP contribution in [0.5, 0.6) is 11.6 Å². The quantitative estimate of drug-likeness (QED) is 0.479. The van der Waals surface area contributed by atoms with Crippen LogP contribution in [0.15, 0.2) is 30.6 Å². The predicted octanol–water partition coefficient (Wildman–Crippen LogP) is 2.63. The number of nitrogens with zero attached hydrogens (tertiary/aromatic N) is 3. The number of hydrogen-bond acceptors (Lipinski definition) is 6. The van der Waals surface area contributed by atoms with Gasteiger partial charge in [0.2, 0.25) is 5.15 Å². The number of methoxy groups -OCH3 is 1. The van der Waals surface area contributed by atoms with E-state index in [2.05, 4.69) is 9.97 Å². The molecule has 8 heteroatoms. The van der Waals surface area contributed by atoms with E-state index in [0.29, 0.717) is 5.75 Å². The fraction of sp³-hybridized carbons (Fsp3) is 0.167. The number of aromatic nitrogens is 2. The van der Waals surface area contributed by atoms with Crippen LogP contribution in [0.1, 0.15) is 5.56 Å². The highest BCUT2D eigenvalue weighted by atomic mass is 35.5. The zero-order valence-corrected chi connectivity index (χ0v) is 11.2. The number of rotatable bonds is 5. The summed E-state index contributed by atoms with van der Waals surface area (Å²) in [5.41, 5.74) is 0.373. The van der Waals surface area contributed by atoms with Crippen molar-refractivity contribution in [2.45, 2.75) is 6.61 Å². The van der Waals surface area contributed by atoms with Crippen molar-refractivity contribution in [3.8, 4) is 11.6 Å². The summed E-state index contributed by atoms with van der Waals surface area (Å²) in [5, 5.41) is 10.6. The lowest BCUT2D eigenvalue weighted by atomic mass is 10.2. The molecule has 0 atom stereocenters. The molecule has 0 radical (unpaired) electrons. The molecule has 1 heterocycles. The Kier molecular flexibility index (Phi) is 4.31. The van der Waals surface area contributed by atoms with Crippen LogP contribution in [0.4, 0.5) is 5.69 Å². The van der Waals surface area contributed by atoms with Crippen LogP contribution >= 0.6 is 11.6 Å². The van der Waals surface area contributed by atoms with E-state index in [-0.39, 0.29) is 17.6 Å². The summed E-state index contributed by atoms with van der Waals surface area (Å²) in [4.78, 5) is 17.5. The van der Waals surface area contributed by atoms with E-state index < -0.39 is 10.6 Å². The summed E-state index contributed by atoms with van der Waals surface area (Å²) in [6.07, 6.45) is 1.11. The van der Waals surface area contributed by atoms with Crippen LogP contribution in [0.3, 0.4) is 0 Å². The van der Waals surface area contributed by atoms with Crippen molar-refractivity contribution >= 4 is 17.3 Å². The summed E-state index contributed by atoms with van der Waals surface area (Å²) >= 11 is 5.66. The van der Waals surface area contributed by atoms with Gasteiger partial charge in [-0.15, -0.1) is 0 Å². The van der Waals surface area contributed by atoms with Crippen molar-refractivity contribution in [3.63, 3.8) is 0 Å². The smallest absolute Gasteiger partial charge is 0.367 e. The van der Waals surface area contributed by atoms with Crippen LogP contribution in [0.2, 0.25) is 5.15 Å². The Morgan fingerprint density at radius 3 is 2.60 bits per heavy atom. The van der Waals surface area contributed by atoms with Crippen LogP contribution < -0.4 is 9.47 Å². The standard InChI is InChI=1S/C12H10ClN3O4/c1-19-9-4-2-8(3-5-9)6-20-12-10(16(17)18)11(13)14-7-15-12/h2-5,7H,6H2,1H3. The SMILES string of the molecule is COc1ccc(COc2ncnc(Cl)c2[N+](=O)[O-])cc1. The number of halogens is 1. The van der Waals surface area contributed by atoms with E-state index in [1.807, 2.05) is 0 Å². The van der Waals surface area contributed by atoms with Crippen LogP contribution in [0.25, 0.3) is 0 Å². The maximum absolute atomic E-state index is 10.9. The number of ether oxygens (including phenoxy) is 2. The van der Waals surface area contributed by atoms with E-state index in [4.69, 9.17) is 21.1 Å². The topological polar surface area (TPSA) is 87.4 Å². The maximum atomic E-state index is 10.9. The third-order valence-corrected chi connectivity index (χ3v) is 2.74. The van der Waals surface area contributed by atoms with Crippen LogP contribution in [0, 0.1) is 10.1 Å². The molecule has 0 N–H and O–H groups in total. The first-order valence-corrected chi connectivity index (χ1v) is 5.90. The molecule has 1 aromatic heterocycles. The molecule has 0 amide bonds. The zero-order chi connectivity index (χ0) is 14.5. The van der Waals surface area contributed by atoms with Gasteiger partial charge >= 0.3 is 5.69 Å². The minimum absolute atomic E-state index is 0.123. The second-order valence-electron chi connectivity index (χ2n) is 3.71. The Balaban J connectivity index is 2.14. The number of benzene rings is 1. The van der Waals surface area contributed by atoms with E-state index in [1.165, 1.54) is 0 Å².